The van der Waals surface area contributed by atoms with Crippen LogP contribution in [0.3, 0.4) is 0 Å². The summed E-state index contributed by atoms with van der Waals surface area (Å²) in [6.07, 6.45) is 2.38. The van der Waals surface area contributed by atoms with Crippen LogP contribution in [0.15, 0.2) is 189 Å². The molecule has 0 saturated carbocycles. The molecule has 10 aromatic rings. The molecule has 3 heterocycles. The summed E-state index contributed by atoms with van der Waals surface area (Å²) in [6.45, 7) is 19.1. The van der Waals surface area contributed by atoms with Crippen molar-refractivity contribution >= 4 is 35.8 Å². The van der Waals surface area contributed by atoms with Crippen molar-refractivity contribution in [3.05, 3.63) is 234 Å². The van der Waals surface area contributed by atoms with E-state index in [1.54, 1.807) is 57.9 Å². The van der Waals surface area contributed by atoms with Crippen LogP contribution in [0.5, 0.6) is 40.4 Å². The third-order valence-corrected chi connectivity index (χ3v) is 21.9. The van der Waals surface area contributed by atoms with Crippen molar-refractivity contribution < 1.29 is 56.6 Å². The first kappa shape index (κ1) is 65.5. The smallest absolute Gasteiger partial charge is 0.345 e. The zero-order chi connectivity index (χ0) is 65.2. The van der Waals surface area contributed by atoms with E-state index in [0.717, 1.165) is 43.8 Å². The highest BCUT2D eigenvalue weighted by Crippen LogP contribution is 2.50. The van der Waals surface area contributed by atoms with Gasteiger partial charge in [-0.1, -0.05) is 106 Å². The molecule has 0 saturated heterocycles. The molecule has 0 aliphatic heterocycles. The Labute approximate surface area is 541 Å². The number of carboxylic acid groups (broad SMARTS) is 1. The van der Waals surface area contributed by atoms with Gasteiger partial charge in [0.2, 0.25) is 20.3 Å². The molecule has 10 rings (SSSR count). The average Bonchev–Trinajstić information content (AvgIpc) is 1.35. The van der Waals surface area contributed by atoms with Gasteiger partial charge in [-0.25, -0.2) is 29.1 Å². The fourth-order valence-corrected chi connectivity index (χ4v) is 12.9. The van der Waals surface area contributed by atoms with Crippen molar-refractivity contribution in [3.63, 3.8) is 0 Å². The summed E-state index contributed by atoms with van der Waals surface area (Å²) in [4.78, 5) is 33.8. The first-order valence-corrected chi connectivity index (χ1v) is 33.8. The molecular weight excluding hydrogens is 1200 g/mol. The first-order valence-electron chi connectivity index (χ1n) is 30.1. The molecule has 474 valence electrons. The fourth-order valence-electron chi connectivity index (χ4n) is 10.8. The molecule has 0 aliphatic rings. The van der Waals surface area contributed by atoms with Gasteiger partial charge < -0.3 is 47.4 Å². The van der Waals surface area contributed by atoms with Gasteiger partial charge in [-0.15, -0.1) is 17.9 Å². The molecular formula is C74H75FN4O11SSi. The number of benzene rings is 7. The highest BCUT2D eigenvalue weighted by atomic mass is 32.1. The normalized spacial score (nSPS) is 12.4. The van der Waals surface area contributed by atoms with Crippen LogP contribution >= 0.6 is 11.3 Å². The number of aromatic nitrogens is 4. The standard InChI is InChI=1S/C74H75FN4O11SSi/c1-12-38-85-44-60(45-87-74(51-18-14-13-15-19-51,52-24-30-56(82-7)31-25-52)53-26-32-57(83-8)33-27-53)88-59-39-47(2)65(48(3)40-59)66-67-70(77-46-78-71(67)91-68(66)49-22-28-54(75)29-23-49)89-64(72(80)81)42-50-41-58(90-92(10,11)73(4,5)6)34-35-62(50)86-43-55-36-37-76-69(79-55)61-20-16-17-21-63(61)84-9/h12-37,39-41,46,60,64H,1,38,42-45H2,2-11H3,(H,80,81)/t60-,64?/m1/s1. The van der Waals surface area contributed by atoms with Crippen molar-refractivity contribution in [3.8, 4) is 73.3 Å². The lowest BCUT2D eigenvalue weighted by molar-refractivity contribution is -0.145. The minimum Gasteiger partial charge on any atom is -0.543 e. The minimum absolute atomic E-state index is 0.0276. The van der Waals surface area contributed by atoms with Gasteiger partial charge in [-0.05, 0) is 156 Å². The summed E-state index contributed by atoms with van der Waals surface area (Å²) >= 11 is 1.36. The molecule has 7 aromatic carbocycles. The summed E-state index contributed by atoms with van der Waals surface area (Å²) in [5.41, 5.74) is 7.03. The molecule has 0 bridgehead atoms. The van der Waals surface area contributed by atoms with Gasteiger partial charge in [0.15, 0.2) is 5.82 Å². The fraction of sp³-hybridized carbons (Fsp3) is 0.257. The maximum absolute atomic E-state index is 14.8. The number of carbonyl (C=O) groups is 1. The number of fused-ring (bicyclic) bond motifs is 1. The number of ether oxygens (including phenoxy) is 8. The van der Waals surface area contributed by atoms with Crippen molar-refractivity contribution in [1.29, 1.82) is 0 Å². The van der Waals surface area contributed by atoms with Crippen LogP contribution in [0.25, 0.3) is 43.2 Å². The molecule has 0 radical (unpaired) electrons. The molecule has 0 amide bonds. The molecule has 2 atom stereocenters. The predicted molar refractivity (Wildman–Crippen MR) is 360 cm³/mol. The van der Waals surface area contributed by atoms with Crippen molar-refractivity contribution in [2.45, 2.75) is 83.6 Å². The molecule has 15 nitrogen and oxygen atoms in total. The molecule has 1 N–H and O–H groups in total. The monoisotopic (exact) mass is 1270 g/mol. The number of para-hydroxylation sites is 1. The zero-order valence-electron chi connectivity index (χ0n) is 53.3. The summed E-state index contributed by atoms with van der Waals surface area (Å²) < 4.78 is 72.1. The summed E-state index contributed by atoms with van der Waals surface area (Å²) in [6, 6.07) is 50.6. The lowest BCUT2D eigenvalue weighted by Gasteiger charge is -2.37. The molecule has 3 aromatic heterocycles. The second-order valence-electron chi connectivity index (χ2n) is 23.6. The summed E-state index contributed by atoms with van der Waals surface area (Å²) in [7, 11) is 2.48. The molecule has 92 heavy (non-hydrogen) atoms. The van der Waals surface area contributed by atoms with Gasteiger partial charge in [0.1, 0.15) is 69.8 Å². The Kier molecular flexibility index (Phi) is 20.5. The molecule has 0 spiro atoms. The number of methoxy groups -OCH3 is 3. The summed E-state index contributed by atoms with van der Waals surface area (Å²) in [5, 5.41) is 11.6. The van der Waals surface area contributed by atoms with E-state index >= 15 is 0 Å². The van der Waals surface area contributed by atoms with Crippen LogP contribution in [-0.4, -0.2) is 92.7 Å². The number of hydrogen-bond acceptors (Lipinski definition) is 15. The number of carboxylic acids is 1. The van der Waals surface area contributed by atoms with Crippen LogP contribution < -0.4 is 32.8 Å². The summed E-state index contributed by atoms with van der Waals surface area (Å²) in [5.74, 6) is 2.37. The second-order valence-corrected chi connectivity index (χ2v) is 29.4. The van der Waals surface area contributed by atoms with Crippen molar-refractivity contribution in [1.82, 2.24) is 19.9 Å². The lowest BCUT2D eigenvalue weighted by Crippen LogP contribution is -2.43. The van der Waals surface area contributed by atoms with E-state index in [9.17, 15) is 14.3 Å². The average molecular weight is 1280 g/mol. The highest BCUT2D eigenvalue weighted by molar-refractivity contribution is 7.22. The van der Waals surface area contributed by atoms with Crippen LogP contribution in [0.1, 0.15) is 59.8 Å². The number of halogens is 1. The largest absolute Gasteiger partial charge is 0.543 e. The Hall–Kier alpha value is -9.46. The van der Waals surface area contributed by atoms with Gasteiger partial charge >= 0.3 is 5.97 Å². The van der Waals surface area contributed by atoms with E-state index in [4.69, 9.17) is 57.3 Å². The third-order valence-electron chi connectivity index (χ3n) is 16.4. The Morgan fingerprint density at radius 1 is 0.696 bits per heavy atom. The second kappa shape index (κ2) is 28.8. The highest BCUT2D eigenvalue weighted by Gasteiger charge is 2.41. The van der Waals surface area contributed by atoms with Gasteiger partial charge in [-0.3, -0.25) is 0 Å². The topological polar surface area (TPSA) is 172 Å². The van der Waals surface area contributed by atoms with E-state index in [0.29, 0.717) is 72.9 Å². The molecule has 1 unspecified atom stereocenters. The Morgan fingerprint density at radius 2 is 1.34 bits per heavy atom. The van der Waals surface area contributed by atoms with Crippen LogP contribution in [0.4, 0.5) is 4.39 Å². The molecule has 18 heteroatoms. The maximum Gasteiger partial charge on any atom is 0.345 e. The maximum atomic E-state index is 14.8. The van der Waals surface area contributed by atoms with E-state index < -0.39 is 37.9 Å². The molecule has 0 fully saturated rings. The SMILES string of the molecule is C=CCOC[C@H](COC(c1ccccc1)(c1ccc(OC)cc1)c1ccc(OC)cc1)Oc1cc(C)c(-c2c(-c3ccc(F)cc3)sc3ncnc(OC(Cc4cc(O[Si](C)(C)C(C)(C)C)ccc4OCc4ccnc(-c5ccccc5OC)n4)C(=O)O)c23)c(C)c1. The van der Waals surface area contributed by atoms with Crippen LogP contribution in [0, 0.1) is 19.7 Å². The first-order chi connectivity index (χ1) is 44.3. The minimum atomic E-state index is -2.39. The predicted octanol–water partition coefficient (Wildman–Crippen LogP) is 16.3. The van der Waals surface area contributed by atoms with E-state index in [1.807, 2.05) is 141 Å². The van der Waals surface area contributed by atoms with Gasteiger partial charge in [0.25, 0.3) is 0 Å². The quantitative estimate of drug-likeness (QED) is 0.0212. The van der Waals surface area contributed by atoms with E-state index in [2.05, 4.69) is 45.4 Å². The Balaban J connectivity index is 1.01. The number of hydrogen-bond donors (Lipinski definition) is 1. The Morgan fingerprint density at radius 3 is 1.97 bits per heavy atom. The van der Waals surface area contributed by atoms with Crippen LogP contribution in [-0.2, 0) is 32.9 Å². The Bertz CT molecular complexity index is 4110. The van der Waals surface area contributed by atoms with Crippen molar-refractivity contribution in [2.24, 2.45) is 0 Å². The number of aryl methyl sites for hydroxylation is 2. The van der Waals surface area contributed by atoms with Gasteiger partial charge in [-0.2, -0.15) is 0 Å². The third kappa shape index (κ3) is 14.6. The van der Waals surface area contributed by atoms with Gasteiger partial charge in [0.05, 0.1) is 57.8 Å². The number of rotatable bonds is 28. The lowest BCUT2D eigenvalue weighted by atomic mass is 9.80. The van der Waals surface area contributed by atoms with Crippen LogP contribution in [0.2, 0.25) is 18.1 Å². The van der Waals surface area contributed by atoms with E-state index in [-0.39, 0.29) is 43.8 Å². The van der Waals surface area contributed by atoms with Crippen molar-refractivity contribution in [2.75, 3.05) is 41.2 Å². The molecule has 0 aliphatic carbocycles. The van der Waals surface area contributed by atoms with Gasteiger partial charge in [0, 0.05) is 28.6 Å². The zero-order valence-corrected chi connectivity index (χ0v) is 55.1. The van der Waals surface area contributed by atoms with E-state index in [1.165, 1.54) is 29.8 Å². The number of thiophene rings is 1. The number of aliphatic carboxylic acids is 1. The number of nitrogens with zero attached hydrogens (tertiary/aromatic N) is 4.